The Kier molecular flexibility index (Phi) is 4.09. The highest BCUT2D eigenvalue weighted by Gasteiger charge is 2.04. The normalized spacial score (nSPS) is 10.3. The molecule has 0 radical (unpaired) electrons. The van der Waals surface area contributed by atoms with E-state index in [-0.39, 0.29) is 5.91 Å². The quantitative estimate of drug-likeness (QED) is 0.728. The third kappa shape index (κ3) is 3.18. The molecule has 0 unspecified atom stereocenters. The first-order valence-electron chi connectivity index (χ1n) is 5.84. The zero-order chi connectivity index (χ0) is 12.8. The second-order valence-electron chi connectivity index (χ2n) is 4.01. The van der Waals surface area contributed by atoms with Crippen molar-refractivity contribution in [3.63, 3.8) is 0 Å². The molecule has 1 aromatic heterocycles. The van der Waals surface area contributed by atoms with Crippen LogP contribution in [0, 0.1) is 0 Å². The van der Waals surface area contributed by atoms with E-state index >= 15 is 0 Å². The Labute approximate surface area is 105 Å². The fourth-order valence-corrected chi connectivity index (χ4v) is 1.63. The van der Waals surface area contributed by atoms with Gasteiger partial charge in [-0.2, -0.15) is 5.10 Å². The van der Waals surface area contributed by atoms with Gasteiger partial charge in [-0.15, -0.1) is 0 Å². The number of aromatic amines is 1. The van der Waals surface area contributed by atoms with Gasteiger partial charge in [0, 0.05) is 24.8 Å². The number of hydrogen-bond donors (Lipinski definition) is 3. The number of amides is 1. The molecule has 94 valence electrons. The van der Waals surface area contributed by atoms with Crippen LogP contribution < -0.4 is 11.1 Å². The molecule has 2 aromatic rings. The van der Waals surface area contributed by atoms with Gasteiger partial charge in [-0.25, -0.2) is 0 Å². The van der Waals surface area contributed by atoms with Crippen LogP contribution in [0.3, 0.4) is 0 Å². The van der Waals surface area contributed by atoms with Crippen molar-refractivity contribution in [3.05, 3.63) is 53.3 Å². The van der Waals surface area contributed by atoms with Gasteiger partial charge in [-0.1, -0.05) is 12.1 Å². The fraction of sp³-hybridized carbons (Fsp3) is 0.231. The van der Waals surface area contributed by atoms with E-state index in [0.717, 1.165) is 17.5 Å². The SMILES string of the molecule is NCc1ccc(C(=O)NCCc2cn[nH]c2)cc1. The van der Waals surface area contributed by atoms with Gasteiger partial charge >= 0.3 is 0 Å². The van der Waals surface area contributed by atoms with E-state index < -0.39 is 0 Å². The number of carbonyl (C=O) groups is 1. The van der Waals surface area contributed by atoms with Crippen LogP contribution in [-0.4, -0.2) is 22.6 Å². The van der Waals surface area contributed by atoms with Crippen LogP contribution in [0.5, 0.6) is 0 Å². The number of nitrogens with two attached hydrogens (primary N) is 1. The van der Waals surface area contributed by atoms with E-state index in [2.05, 4.69) is 15.5 Å². The first-order chi connectivity index (χ1) is 8.79. The first kappa shape index (κ1) is 12.3. The molecule has 0 aliphatic heterocycles. The average Bonchev–Trinajstić information content (AvgIpc) is 2.92. The van der Waals surface area contributed by atoms with Crippen LogP contribution in [0.25, 0.3) is 0 Å². The molecule has 5 heteroatoms. The Morgan fingerprint density at radius 2 is 2.06 bits per heavy atom. The van der Waals surface area contributed by atoms with E-state index in [0.29, 0.717) is 18.7 Å². The minimum Gasteiger partial charge on any atom is -0.352 e. The Bertz CT molecular complexity index is 490. The molecule has 0 aliphatic rings. The van der Waals surface area contributed by atoms with Gasteiger partial charge in [0.05, 0.1) is 6.20 Å². The van der Waals surface area contributed by atoms with Crippen LogP contribution in [0.2, 0.25) is 0 Å². The topological polar surface area (TPSA) is 83.8 Å². The predicted octanol–water partition coefficient (Wildman–Crippen LogP) is 0.841. The van der Waals surface area contributed by atoms with Gasteiger partial charge in [-0.05, 0) is 29.7 Å². The number of hydrogen-bond acceptors (Lipinski definition) is 3. The third-order valence-electron chi connectivity index (χ3n) is 2.71. The number of H-pyrrole nitrogens is 1. The molecule has 18 heavy (non-hydrogen) atoms. The lowest BCUT2D eigenvalue weighted by atomic mass is 10.1. The van der Waals surface area contributed by atoms with E-state index in [1.807, 2.05) is 18.3 Å². The molecule has 2 rings (SSSR count). The monoisotopic (exact) mass is 244 g/mol. The smallest absolute Gasteiger partial charge is 0.251 e. The van der Waals surface area contributed by atoms with Crippen molar-refractivity contribution in [2.24, 2.45) is 5.73 Å². The number of nitrogens with zero attached hydrogens (tertiary/aromatic N) is 1. The highest BCUT2D eigenvalue weighted by atomic mass is 16.1. The first-order valence-corrected chi connectivity index (χ1v) is 5.84. The molecule has 1 amide bonds. The maximum absolute atomic E-state index is 11.8. The van der Waals surface area contributed by atoms with Crippen molar-refractivity contribution >= 4 is 5.91 Å². The largest absolute Gasteiger partial charge is 0.352 e. The summed E-state index contributed by atoms with van der Waals surface area (Å²) in [6, 6.07) is 7.31. The molecule has 0 atom stereocenters. The van der Waals surface area contributed by atoms with Gasteiger partial charge in [0.15, 0.2) is 0 Å². The number of nitrogens with one attached hydrogen (secondary N) is 2. The number of carbonyl (C=O) groups excluding carboxylic acids is 1. The van der Waals surface area contributed by atoms with E-state index in [1.165, 1.54) is 0 Å². The van der Waals surface area contributed by atoms with E-state index in [4.69, 9.17) is 5.73 Å². The summed E-state index contributed by atoms with van der Waals surface area (Å²) < 4.78 is 0. The van der Waals surface area contributed by atoms with Gasteiger partial charge in [0.2, 0.25) is 0 Å². The van der Waals surface area contributed by atoms with Crippen LogP contribution >= 0.6 is 0 Å². The summed E-state index contributed by atoms with van der Waals surface area (Å²) in [4.78, 5) is 11.8. The molecule has 0 saturated carbocycles. The molecule has 1 aromatic carbocycles. The lowest BCUT2D eigenvalue weighted by molar-refractivity contribution is 0.0954. The standard InChI is InChI=1S/C13H16N4O/c14-7-10-1-3-12(4-2-10)13(18)15-6-5-11-8-16-17-9-11/h1-4,8-9H,5-7,14H2,(H,15,18)(H,16,17). The second-order valence-corrected chi connectivity index (χ2v) is 4.01. The van der Waals surface area contributed by atoms with Crippen LogP contribution in [-0.2, 0) is 13.0 Å². The number of rotatable bonds is 5. The van der Waals surface area contributed by atoms with E-state index in [1.54, 1.807) is 18.3 Å². The molecule has 0 fully saturated rings. The Morgan fingerprint density at radius 3 is 2.67 bits per heavy atom. The maximum Gasteiger partial charge on any atom is 0.251 e. The van der Waals surface area contributed by atoms with Gasteiger partial charge in [-0.3, -0.25) is 9.89 Å². The summed E-state index contributed by atoms with van der Waals surface area (Å²) in [7, 11) is 0. The number of aromatic nitrogens is 2. The summed E-state index contributed by atoms with van der Waals surface area (Å²) >= 11 is 0. The zero-order valence-corrected chi connectivity index (χ0v) is 10.0. The maximum atomic E-state index is 11.8. The Morgan fingerprint density at radius 1 is 1.28 bits per heavy atom. The van der Waals surface area contributed by atoms with Crippen molar-refractivity contribution in [1.29, 1.82) is 0 Å². The molecular formula is C13H16N4O. The summed E-state index contributed by atoms with van der Waals surface area (Å²) in [6.45, 7) is 1.08. The average molecular weight is 244 g/mol. The molecule has 0 bridgehead atoms. The molecule has 5 nitrogen and oxygen atoms in total. The second kappa shape index (κ2) is 5.97. The molecule has 0 spiro atoms. The van der Waals surface area contributed by atoms with Gasteiger partial charge in [0.25, 0.3) is 5.91 Å². The Balaban J connectivity index is 1.83. The minimum absolute atomic E-state index is 0.0675. The molecule has 4 N–H and O–H groups in total. The molecular weight excluding hydrogens is 228 g/mol. The van der Waals surface area contributed by atoms with Crippen LogP contribution in [0.1, 0.15) is 21.5 Å². The van der Waals surface area contributed by atoms with Crippen molar-refractivity contribution in [1.82, 2.24) is 15.5 Å². The lowest BCUT2D eigenvalue weighted by Gasteiger charge is -2.05. The van der Waals surface area contributed by atoms with Crippen LogP contribution in [0.15, 0.2) is 36.7 Å². The zero-order valence-electron chi connectivity index (χ0n) is 10.0. The predicted molar refractivity (Wildman–Crippen MR) is 69.0 cm³/mol. The highest BCUT2D eigenvalue weighted by molar-refractivity contribution is 5.94. The van der Waals surface area contributed by atoms with Crippen molar-refractivity contribution in [2.75, 3.05) is 6.54 Å². The van der Waals surface area contributed by atoms with Crippen molar-refractivity contribution in [2.45, 2.75) is 13.0 Å². The van der Waals surface area contributed by atoms with Crippen LogP contribution in [0.4, 0.5) is 0 Å². The van der Waals surface area contributed by atoms with Crippen molar-refractivity contribution < 1.29 is 4.79 Å². The summed E-state index contributed by atoms with van der Waals surface area (Å²) in [6.07, 6.45) is 4.34. The number of benzene rings is 1. The Hall–Kier alpha value is -2.14. The molecule has 0 saturated heterocycles. The van der Waals surface area contributed by atoms with E-state index in [9.17, 15) is 4.79 Å². The molecule has 0 aliphatic carbocycles. The lowest BCUT2D eigenvalue weighted by Crippen LogP contribution is -2.25. The summed E-state index contributed by atoms with van der Waals surface area (Å²) in [5.41, 5.74) is 8.25. The molecule has 1 heterocycles. The van der Waals surface area contributed by atoms with Crippen molar-refractivity contribution in [3.8, 4) is 0 Å². The highest BCUT2D eigenvalue weighted by Crippen LogP contribution is 2.03. The summed E-state index contributed by atoms with van der Waals surface area (Å²) in [5.74, 6) is -0.0675. The van der Waals surface area contributed by atoms with Gasteiger partial charge in [0.1, 0.15) is 0 Å². The fourth-order valence-electron chi connectivity index (χ4n) is 1.63. The third-order valence-corrected chi connectivity index (χ3v) is 2.71. The van der Waals surface area contributed by atoms with Gasteiger partial charge < -0.3 is 11.1 Å². The minimum atomic E-state index is -0.0675. The summed E-state index contributed by atoms with van der Waals surface area (Å²) in [5, 5.41) is 9.45.